The molecule has 0 unspecified atom stereocenters. The Kier molecular flexibility index (Phi) is 4.88. The highest BCUT2D eigenvalue weighted by atomic mass is 35.5. The number of nitrogens with zero attached hydrogens (tertiary/aromatic N) is 4. The summed E-state index contributed by atoms with van der Waals surface area (Å²) in [4.78, 5) is 19.7. The number of alkyl halides is 3. The number of hydrogen-bond donors (Lipinski definition) is 0. The first-order valence-electron chi connectivity index (χ1n) is 8.50. The van der Waals surface area contributed by atoms with Crippen molar-refractivity contribution < 1.29 is 13.2 Å². The number of fused-ring (bicyclic) bond motifs is 1. The van der Waals surface area contributed by atoms with Gasteiger partial charge in [-0.1, -0.05) is 11.6 Å². The van der Waals surface area contributed by atoms with Crippen molar-refractivity contribution in [2.45, 2.75) is 19.0 Å². The van der Waals surface area contributed by atoms with E-state index in [1.54, 1.807) is 17.8 Å². The van der Waals surface area contributed by atoms with Crippen LogP contribution >= 0.6 is 22.9 Å². The Morgan fingerprint density at radius 3 is 2.68 bits per heavy atom. The van der Waals surface area contributed by atoms with Crippen molar-refractivity contribution in [3.8, 4) is 11.4 Å². The van der Waals surface area contributed by atoms with Crippen LogP contribution in [0.5, 0.6) is 0 Å². The van der Waals surface area contributed by atoms with E-state index >= 15 is 0 Å². The van der Waals surface area contributed by atoms with Crippen molar-refractivity contribution in [3.63, 3.8) is 0 Å². The van der Waals surface area contributed by atoms with E-state index in [9.17, 15) is 18.0 Å². The molecule has 0 radical (unpaired) electrons. The van der Waals surface area contributed by atoms with Crippen molar-refractivity contribution >= 4 is 39.5 Å². The van der Waals surface area contributed by atoms with Gasteiger partial charge in [0, 0.05) is 18.7 Å². The second-order valence-corrected chi connectivity index (χ2v) is 7.66. The molecule has 1 aliphatic heterocycles. The summed E-state index contributed by atoms with van der Waals surface area (Å²) in [6.45, 7) is 1.64. The van der Waals surface area contributed by atoms with Gasteiger partial charge in [-0.25, -0.2) is 4.98 Å². The average Bonchev–Trinajstić information content (AvgIpc) is 3.32. The Balaban J connectivity index is 1.90. The summed E-state index contributed by atoms with van der Waals surface area (Å²) in [6.07, 6.45) is -1.02. The molecule has 3 aromatic rings. The van der Waals surface area contributed by atoms with Crippen LogP contribution in [0.2, 0.25) is 5.02 Å². The third-order valence-corrected chi connectivity index (χ3v) is 5.61. The Bertz CT molecular complexity index is 1120. The highest BCUT2D eigenvalue weighted by molar-refractivity contribution is 7.16. The molecular weight excluding hydrogens is 413 g/mol. The summed E-state index contributed by atoms with van der Waals surface area (Å²) >= 11 is 6.96. The number of thiophene rings is 1. The molecule has 10 heteroatoms. The summed E-state index contributed by atoms with van der Waals surface area (Å²) in [5.74, 6) is 0.0394. The molecule has 0 saturated carbocycles. The maximum atomic E-state index is 13.3. The molecular formula is C18H14ClF3N4OS. The fraction of sp³-hybridized carbons (Fsp3) is 0.278. The zero-order chi connectivity index (χ0) is 19.9. The fourth-order valence-electron chi connectivity index (χ4n) is 3.06. The van der Waals surface area contributed by atoms with Crippen molar-refractivity contribution in [1.82, 2.24) is 14.6 Å². The van der Waals surface area contributed by atoms with Crippen molar-refractivity contribution in [2.75, 3.05) is 13.1 Å². The second-order valence-electron chi connectivity index (χ2n) is 6.36. The minimum Gasteiger partial charge on any atom is -0.361 e. The molecule has 3 heterocycles. The maximum Gasteiger partial charge on any atom is 0.417 e. The lowest BCUT2D eigenvalue weighted by molar-refractivity contribution is -0.137. The molecule has 5 nitrogen and oxygen atoms in total. The van der Waals surface area contributed by atoms with Gasteiger partial charge in [-0.2, -0.15) is 22.9 Å². The second kappa shape index (κ2) is 7.21. The zero-order valence-electron chi connectivity index (χ0n) is 14.4. The van der Waals surface area contributed by atoms with E-state index in [-0.39, 0.29) is 11.4 Å². The standard InChI is InChI=1S/C18H14ClF3N4OS/c19-14-4-3-11(9-13(14)18(20,21)22)15-24-16-12(5-8-28-16)17(27)26(15)23-10-25-6-1-2-7-25/h3-5,8-10H,1-2,6-7H2/b23-10+. The minimum absolute atomic E-state index is 0.0394. The third kappa shape index (κ3) is 3.51. The van der Waals surface area contributed by atoms with Crippen LogP contribution in [0.4, 0.5) is 13.2 Å². The smallest absolute Gasteiger partial charge is 0.361 e. The highest BCUT2D eigenvalue weighted by Gasteiger charge is 2.33. The van der Waals surface area contributed by atoms with Crippen LogP contribution in [0.15, 0.2) is 39.5 Å². The molecule has 4 rings (SSSR count). The number of halogens is 4. The molecule has 0 atom stereocenters. The summed E-state index contributed by atoms with van der Waals surface area (Å²) in [7, 11) is 0. The molecule has 0 N–H and O–H groups in total. The van der Waals surface area contributed by atoms with Crippen molar-refractivity contribution in [2.24, 2.45) is 5.10 Å². The van der Waals surface area contributed by atoms with Crippen LogP contribution in [0.1, 0.15) is 18.4 Å². The first kappa shape index (κ1) is 18.9. The van der Waals surface area contributed by atoms with Crippen LogP contribution in [-0.4, -0.2) is 34.0 Å². The Hall–Kier alpha value is -2.39. The number of benzene rings is 1. The highest BCUT2D eigenvalue weighted by Crippen LogP contribution is 2.37. The minimum atomic E-state index is -4.62. The van der Waals surface area contributed by atoms with E-state index in [0.717, 1.165) is 42.7 Å². The van der Waals surface area contributed by atoms with E-state index in [1.807, 2.05) is 4.90 Å². The Morgan fingerprint density at radius 1 is 1.21 bits per heavy atom. The summed E-state index contributed by atoms with van der Waals surface area (Å²) in [5, 5.41) is 5.91. The van der Waals surface area contributed by atoms with E-state index in [1.165, 1.54) is 17.4 Å². The number of hydrogen-bond acceptors (Lipinski definition) is 4. The fourth-order valence-corrected chi connectivity index (χ4v) is 4.04. The van der Waals surface area contributed by atoms with Crippen LogP contribution in [-0.2, 0) is 6.18 Å². The molecule has 0 spiro atoms. The largest absolute Gasteiger partial charge is 0.417 e. The summed E-state index contributed by atoms with van der Waals surface area (Å²) in [6, 6.07) is 5.08. The lowest BCUT2D eigenvalue weighted by Gasteiger charge is -2.14. The van der Waals surface area contributed by atoms with Crippen molar-refractivity contribution in [3.05, 3.63) is 50.6 Å². The first-order chi connectivity index (χ1) is 13.3. The zero-order valence-corrected chi connectivity index (χ0v) is 16.0. The lowest BCUT2D eigenvalue weighted by Crippen LogP contribution is -2.23. The molecule has 1 aromatic carbocycles. The predicted molar refractivity (Wildman–Crippen MR) is 104 cm³/mol. The van der Waals surface area contributed by atoms with Gasteiger partial charge in [0.05, 0.1) is 16.0 Å². The average molecular weight is 427 g/mol. The lowest BCUT2D eigenvalue weighted by atomic mass is 10.1. The van der Waals surface area contributed by atoms with E-state index < -0.39 is 22.3 Å². The van der Waals surface area contributed by atoms with Gasteiger partial charge in [0.15, 0.2) is 5.82 Å². The van der Waals surface area contributed by atoms with Gasteiger partial charge >= 0.3 is 6.18 Å². The summed E-state index contributed by atoms with van der Waals surface area (Å²) < 4.78 is 40.9. The van der Waals surface area contributed by atoms with Crippen LogP contribution in [0.25, 0.3) is 21.6 Å². The quantitative estimate of drug-likeness (QED) is 0.451. The Labute approximate surface area is 166 Å². The third-order valence-electron chi connectivity index (χ3n) is 4.48. The van der Waals surface area contributed by atoms with Crippen LogP contribution < -0.4 is 5.56 Å². The molecule has 1 aliphatic rings. The molecule has 2 aromatic heterocycles. The van der Waals surface area contributed by atoms with Gasteiger partial charge in [0.25, 0.3) is 5.56 Å². The molecule has 1 fully saturated rings. The van der Waals surface area contributed by atoms with Gasteiger partial charge in [-0.15, -0.1) is 11.3 Å². The molecule has 0 amide bonds. The predicted octanol–water partition coefficient (Wildman–Crippen LogP) is 4.68. The van der Waals surface area contributed by atoms with Gasteiger partial charge < -0.3 is 4.90 Å². The number of likely N-dealkylation sites (tertiary alicyclic amines) is 1. The normalized spacial score (nSPS) is 15.2. The molecule has 28 heavy (non-hydrogen) atoms. The Morgan fingerprint density at radius 2 is 1.96 bits per heavy atom. The SMILES string of the molecule is O=c1c2ccsc2nc(-c2ccc(Cl)c(C(F)(F)F)c2)n1/N=C/N1CCCC1. The molecule has 1 saturated heterocycles. The van der Waals surface area contributed by atoms with Crippen LogP contribution in [0.3, 0.4) is 0 Å². The first-order valence-corrected chi connectivity index (χ1v) is 9.76. The van der Waals surface area contributed by atoms with Crippen molar-refractivity contribution in [1.29, 1.82) is 0 Å². The van der Waals surface area contributed by atoms with Gasteiger partial charge in [-0.3, -0.25) is 4.79 Å². The van der Waals surface area contributed by atoms with Gasteiger partial charge in [-0.05, 0) is 42.5 Å². The van der Waals surface area contributed by atoms with E-state index in [2.05, 4.69) is 10.1 Å². The molecule has 0 bridgehead atoms. The van der Waals surface area contributed by atoms with Crippen LogP contribution in [0, 0.1) is 0 Å². The maximum absolute atomic E-state index is 13.3. The van der Waals surface area contributed by atoms with Gasteiger partial charge in [0.1, 0.15) is 11.2 Å². The number of aromatic nitrogens is 2. The monoisotopic (exact) mass is 426 g/mol. The van der Waals surface area contributed by atoms with E-state index in [4.69, 9.17) is 11.6 Å². The molecule has 146 valence electrons. The van der Waals surface area contributed by atoms with Gasteiger partial charge in [0.2, 0.25) is 0 Å². The molecule has 0 aliphatic carbocycles. The topological polar surface area (TPSA) is 50.5 Å². The van der Waals surface area contributed by atoms with E-state index in [0.29, 0.717) is 10.2 Å². The number of rotatable bonds is 3. The summed E-state index contributed by atoms with van der Waals surface area (Å²) in [5.41, 5.74) is -1.30.